The minimum Gasteiger partial charge on any atom is -0.465 e. The van der Waals surface area contributed by atoms with Crippen molar-refractivity contribution in [1.82, 2.24) is 4.23 Å². The van der Waals surface area contributed by atoms with Crippen LogP contribution in [0.5, 0.6) is 0 Å². The van der Waals surface area contributed by atoms with Crippen LogP contribution in [-0.4, -0.2) is 25.5 Å². The van der Waals surface area contributed by atoms with Crippen molar-refractivity contribution in [2.75, 3.05) is 7.11 Å². The lowest BCUT2D eigenvalue weighted by Crippen LogP contribution is -2.51. The number of benzene rings is 1. The van der Waals surface area contributed by atoms with E-state index in [1.54, 1.807) is 0 Å². The van der Waals surface area contributed by atoms with E-state index in [1.165, 1.54) is 7.11 Å². The molecule has 1 aromatic heterocycles. The Morgan fingerprint density at radius 2 is 1.57 bits per heavy atom. The molecule has 0 N–H and O–H groups in total. The van der Waals surface area contributed by atoms with Gasteiger partial charge in [-0.05, 0) is 41.0 Å². The molecule has 1 aromatic carbocycles. The second kappa shape index (κ2) is 6.52. The number of methoxy groups -OCH3 is 1. The molecule has 0 saturated carbocycles. The fourth-order valence-corrected chi connectivity index (χ4v) is 11.2. The smallest absolute Gasteiger partial charge is 0.338 e. The molecule has 0 radical (unpaired) electrons. The highest BCUT2D eigenvalue weighted by Crippen LogP contribution is 2.44. The van der Waals surface area contributed by atoms with Gasteiger partial charge in [-0.25, -0.2) is 4.79 Å². The number of aromatic nitrogens is 1. The van der Waals surface area contributed by atoms with Crippen LogP contribution in [0.1, 0.15) is 51.9 Å². The van der Waals surface area contributed by atoms with Crippen molar-refractivity contribution in [3.8, 4) is 0 Å². The van der Waals surface area contributed by atoms with Gasteiger partial charge in [0.15, 0.2) is 8.24 Å². The molecule has 0 aliphatic heterocycles. The van der Waals surface area contributed by atoms with E-state index in [9.17, 15) is 4.79 Å². The van der Waals surface area contributed by atoms with Crippen molar-refractivity contribution in [1.29, 1.82) is 0 Å². The lowest BCUT2D eigenvalue weighted by Gasteiger charge is -2.44. The van der Waals surface area contributed by atoms with E-state index in [4.69, 9.17) is 4.74 Å². The van der Waals surface area contributed by atoms with Gasteiger partial charge < -0.3 is 8.97 Å². The zero-order valence-corrected chi connectivity index (χ0v) is 16.4. The van der Waals surface area contributed by atoms with Gasteiger partial charge in [0, 0.05) is 10.9 Å². The summed E-state index contributed by atoms with van der Waals surface area (Å²) in [6, 6.07) is 8.03. The van der Waals surface area contributed by atoms with Crippen LogP contribution in [0.15, 0.2) is 30.5 Å². The third-order valence-electron chi connectivity index (χ3n) is 5.33. The van der Waals surface area contributed by atoms with E-state index >= 15 is 0 Å². The Morgan fingerprint density at radius 3 is 2.04 bits per heavy atom. The van der Waals surface area contributed by atoms with E-state index in [1.807, 2.05) is 12.1 Å². The zero-order chi connectivity index (χ0) is 17.4. The van der Waals surface area contributed by atoms with Crippen LogP contribution in [0.3, 0.4) is 0 Å². The summed E-state index contributed by atoms with van der Waals surface area (Å²) in [5.41, 5.74) is 3.65. The van der Waals surface area contributed by atoms with Crippen molar-refractivity contribution in [3.05, 3.63) is 36.0 Å². The number of carbonyl (C=O) groups is 1. The number of carbonyl (C=O) groups excluding carboxylic acids is 1. The van der Waals surface area contributed by atoms with Gasteiger partial charge in [0.2, 0.25) is 0 Å². The highest BCUT2D eigenvalue weighted by atomic mass is 28.3. The van der Waals surface area contributed by atoms with Crippen molar-refractivity contribution >= 4 is 25.1 Å². The summed E-state index contributed by atoms with van der Waals surface area (Å²) in [6.45, 7) is 14.1. The molecule has 0 atom stereocenters. The first-order chi connectivity index (χ1) is 10.8. The van der Waals surface area contributed by atoms with Crippen LogP contribution < -0.4 is 0 Å². The fourth-order valence-electron chi connectivity index (χ4n) is 4.63. The quantitative estimate of drug-likeness (QED) is 0.539. The highest BCUT2D eigenvalue weighted by Gasteiger charge is 2.45. The second-order valence-corrected chi connectivity index (χ2v) is 13.0. The molecule has 2 aromatic rings. The molecule has 2 rings (SSSR count). The molecule has 3 nitrogen and oxygen atoms in total. The van der Waals surface area contributed by atoms with Crippen LogP contribution >= 0.6 is 0 Å². The molecule has 1 heterocycles. The van der Waals surface area contributed by atoms with Crippen LogP contribution in [0.4, 0.5) is 0 Å². The second-order valence-electron chi connectivity index (χ2n) is 7.27. The Balaban J connectivity index is 2.79. The Hall–Kier alpha value is -1.55. The van der Waals surface area contributed by atoms with Crippen molar-refractivity contribution in [2.24, 2.45) is 0 Å². The molecule has 0 aliphatic rings. The monoisotopic (exact) mass is 331 g/mol. The number of hydrogen-bond donors (Lipinski definition) is 0. The third-order valence-corrected chi connectivity index (χ3v) is 12.1. The molecular weight excluding hydrogens is 302 g/mol. The highest BCUT2D eigenvalue weighted by molar-refractivity contribution is 6.82. The summed E-state index contributed by atoms with van der Waals surface area (Å²) in [7, 11) is -0.381. The van der Waals surface area contributed by atoms with Crippen LogP contribution in [0.2, 0.25) is 16.6 Å². The fraction of sp³-hybridized carbons (Fsp3) is 0.526. The predicted molar refractivity (Wildman–Crippen MR) is 99.7 cm³/mol. The Bertz CT molecular complexity index is 679. The third kappa shape index (κ3) is 2.63. The van der Waals surface area contributed by atoms with E-state index in [2.05, 4.69) is 64.1 Å². The first kappa shape index (κ1) is 17.8. The first-order valence-electron chi connectivity index (χ1n) is 8.47. The summed E-state index contributed by atoms with van der Waals surface area (Å²) in [5.74, 6) is -0.265. The normalized spacial score (nSPS) is 12.6. The maximum atomic E-state index is 12.1. The molecule has 0 amide bonds. The first-order valence-corrected chi connectivity index (χ1v) is 10.6. The standard InChI is InChI=1S/C19H29NO2Si/c1-13(2)23(14(3)4,15(5)6)20-12-11-16-17(19(21)22-7)9-8-10-18(16)20/h8-15H,1-7H3. The number of hydrogen-bond acceptors (Lipinski definition) is 2. The van der Waals surface area contributed by atoms with Gasteiger partial charge in [0.1, 0.15) is 0 Å². The van der Waals surface area contributed by atoms with E-state index < -0.39 is 8.24 Å². The molecular formula is C19H29NO2Si. The number of ether oxygens (including phenoxy) is 1. The van der Waals surface area contributed by atoms with Crippen molar-refractivity contribution in [2.45, 2.75) is 58.2 Å². The lowest BCUT2D eigenvalue weighted by molar-refractivity contribution is 0.0603. The number of nitrogens with zero attached hydrogens (tertiary/aromatic N) is 1. The molecule has 0 spiro atoms. The summed E-state index contributed by atoms with van der Waals surface area (Å²) in [5, 5.41) is 0.998. The molecule has 23 heavy (non-hydrogen) atoms. The molecule has 0 aliphatic carbocycles. The average molecular weight is 332 g/mol. The molecule has 126 valence electrons. The summed E-state index contributed by atoms with van der Waals surface area (Å²) >= 11 is 0. The zero-order valence-electron chi connectivity index (χ0n) is 15.4. The SMILES string of the molecule is COC(=O)c1cccc2c1ccn2[Si](C(C)C)(C(C)C)C(C)C. The largest absolute Gasteiger partial charge is 0.465 e. The number of esters is 1. The predicted octanol–water partition coefficient (Wildman–Crippen LogP) is 5.45. The van der Waals surface area contributed by atoms with Gasteiger partial charge in [-0.3, -0.25) is 0 Å². The number of rotatable bonds is 5. The molecule has 0 unspecified atom stereocenters. The molecule has 4 heteroatoms. The molecule has 0 fully saturated rings. The maximum absolute atomic E-state index is 12.1. The van der Waals surface area contributed by atoms with Gasteiger partial charge in [-0.2, -0.15) is 0 Å². The van der Waals surface area contributed by atoms with Crippen molar-refractivity contribution in [3.63, 3.8) is 0 Å². The van der Waals surface area contributed by atoms with Crippen LogP contribution in [0.25, 0.3) is 10.9 Å². The average Bonchev–Trinajstić information content (AvgIpc) is 2.90. The Kier molecular flexibility index (Phi) is 5.04. The van der Waals surface area contributed by atoms with Crippen LogP contribution in [0, 0.1) is 0 Å². The molecule has 0 bridgehead atoms. The Morgan fingerprint density at radius 1 is 1.00 bits per heavy atom. The summed E-state index contributed by atoms with van der Waals surface area (Å²) in [4.78, 5) is 12.1. The van der Waals surface area contributed by atoms with Gasteiger partial charge >= 0.3 is 5.97 Å². The van der Waals surface area contributed by atoms with E-state index in [0.29, 0.717) is 22.2 Å². The topological polar surface area (TPSA) is 31.2 Å². The minimum atomic E-state index is -1.82. The van der Waals surface area contributed by atoms with E-state index in [-0.39, 0.29) is 5.97 Å². The summed E-state index contributed by atoms with van der Waals surface area (Å²) < 4.78 is 7.47. The van der Waals surface area contributed by atoms with Gasteiger partial charge in [0.05, 0.1) is 12.7 Å². The van der Waals surface area contributed by atoms with Crippen LogP contribution in [-0.2, 0) is 4.74 Å². The van der Waals surface area contributed by atoms with E-state index in [0.717, 1.165) is 10.9 Å². The summed E-state index contributed by atoms with van der Waals surface area (Å²) in [6.07, 6.45) is 2.20. The number of fused-ring (bicyclic) bond motifs is 1. The van der Waals surface area contributed by atoms with Gasteiger partial charge in [-0.1, -0.05) is 47.6 Å². The van der Waals surface area contributed by atoms with Crippen molar-refractivity contribution < 1.29 is 9.53 Å². The maximum Gasteiger partial charge on any atom is 0.338 e. The molecule has 0 saturated heterocycles. The Labute approximate surface area is 140 Å². The lowest BCUT2D eigenvalue weighted by atomic mass is 10.1. The van der Waals surface area contributed by atoms with Gasteiger partial charge in [0.25, 0.3) is 0 Å². The van der Waals surface area contributed by atoms with Gasteiger partial charge in [-0.15, -0.1) is 0 Å². The minimum absolute atomic E-state index is 0.265.